The SMILES string of the molecule is CC1CNCC(CCc2c(F)cncc2NC(=O)[C@@H](N)[C@@H](c2ccc(Cl)cc2)c2cccc(F)c2)N1S(=O)(=O)C1CC1. The first-order valence-corrected chi connectivity index (χ1v) is 15.9. The summed E-state index contributed by atoms with van der Waals surface area (Å²) in [6.45, 7) is 2.87. The second-order valence-electron chi connectivity index (χ2n) is 11.0. The van der Waals surface area contributed by atoms with Crippen molar-refractivity contribution in [2.45, 2.75) is 61.9 Å². The van der Waals surface area contributed by atoms with Crippen LogP contribution < -0.4 is 16.4 Å². The van der Waals surface area contributed by atoms with Gasteiger partial charge in [-0.25, -0.2) is 17.2 Å². The van der Waals surface area contributed by atoms with Gasteiger partial charge in [-0.1, -0.05) is 35.9 Å². The van der Waals surface area contributed by atoms with Gasteiger partial charge in [-0.3, -0.25) is 9.78 Å². The van der Waals surface area contributed by atoms with Crippen LogP contribution in [0.5, 0.6) is 0 Å². The molecule has 8 nitrogen and oxygen atoms in total. The van der Waals surface area contributed by atoms with Gasteiger partial charge in [0.25, 0.3) is 0 Å². The van der Waals surface area contributed by atoms with Gasteiger partial charge in [-0.2, -0.15) is 4.31 Å². The molecule has 4 atom stereocenters. The van der Waals surface area contributed by atoms with Crippen molar-refractivity contribution in [1.82, 2.24) is 14.6 Å². The van der Waals surface area contributed by atoms with Crippen molar-refractivity contribution in [1.29, 1.82) is 0 Å². The van der Waals surface area contributed by atoms with Crippen LogP contribution in [0.15, 0.2) is 60.9 Å². The Morgan fingerprint density at radius 3 is 2.57 bits per heavy atom. The predicted octanol–water partition coefficient (Wildman–Crippen LogP) is 4.20. The molecule has 224 valence electrons. The molecule has 2 aromatic carbocycles. The molecular formula is C30H34ClF2N5O3S. The number of nitrogens with zero attached hydrogens (tertiary/aromatic N) is 2. The second-order valence-corrected chi connectivity index (χ2v) is 13.6. The fourth-order valence-corrected chi connectivity index (χ4v) is 8.08. The van der Waals surface area contributed by atoms with E-state index in [1.54, 1.807) is 40.7 Å². The Balaban J connectivity index is 1.37. The standard InChI is InChI=1S/C30H34ClF2N5O3S/c1-18-14-35-15-23(38(18)42(40,41)24-10-11-24)9-12-25-26(33)16-36-17-27(25)37-30(39)29(34)28(19-5-7-21(31)8-6-19)20-3-2-4-22(32)13-20/h2-8,13,16-18,23-24,28-29,35H,9-12,14-15,34H2,1H3,(H,37,39)/t18?,23?,28-,29-/m0/s1. The zero-order valence-electron chi connectivity index (χ0n) is 23.1. The predicted molar refractivity (Wildman–Crippen MR) is 159 cm³/mol. The summed E-state index contributed by atoms with van der Waals surface area (Å²) in [4.78, 5) is 17.4. The molecule has 12 heteroatoms. The Bertz CT molecular complexity index is 1540. The Morgan fingerprint density at radius 2 is 1.88 bits per heavy atom. The number of carbonyl (C=O) groups excluding carboxylic acids is 1. The van der Waals surface area contributed by atoms with E-state index < -0.39 is 39.5 Å². The van der Waals surface area contributed by atoms with E-state index in [1.165, 1.54) is 18.3 Å². The lowest BCUT2D eigenvalue weighted by Crippen LogP contribution is -2.59. The Kier molecular flexibility index (Phi) is 9.24. The summed E-state index contributed by atoms with van der Waals surface area (Å²) in [6, 6.07) is 10.9. The number of halogens is 3. The maximum atomic E-state index is 15.1. The highest BCUT2D eigenvalue weighted by Crippen LogP contribution is 2.35. The van der Waals surface area contributed by atoms with Gasteiger partial charge in [0, 0.05) is 41.7 Å². The lowest BCUT2D eigenvalue weighted by atomic mass is 9.85. The van der Waals surface area contributed by atoms with E-state index in [0.717, 1.165) is 6.20 Å². The first kappa shape index (κ1) is 30.5. The van der Waals surface area contributed by atoms with E-state index in [0.29, 0.717) is 48.5 Å². The Morgan fingerprint density at radius 1 is 1.14 bits per heavy atom. The van der Waals surface area contributed by atoms with Crippen LogP contribution in [0.2, 0.25) is 5.02 Å². The molecule has 4 N–H and O–H groups in total. The molecule has 1 aromatic heterocycles. The van der Waals surface area contributed by atoms with Gasteiger partial charge in [0.15, 0.2) is 0 Å². The fourth-order valence-electron chi connectivity index (χ4n) is 5.70. The number of anilines is 1. The molecule has 2 unspecified atom stereocenters. The number of benzene rings is 2. The number of piperazine rings is 1. The molecule has 5 rings (SSSR count). The highest BCUT2D eigenvalue weighted by molar-refractivity contribution is 7.90. The fraction of sp³-hybridized carbons (Fsp3) is 0.400. The average molecular weight is 618 g/mol. The Labute approximate surface area is 249 Å². The van der Waals surface area contributed by atoms with E-state index in [2.05, 4.69) is 15.6 Å². The van der Waals surface area contributed by atoms with E-state index in [9.17, 15) is 17.6 Å². The van der Waals surface area contributed by atoms with E-state index >= 15 is 4.39 Å². The van der Waals surface area contributed by atoms with Crippen LogP contribution in [0.4, 0.5) is 14.5 Å². The first-order chi connectivity index (χ1) is 20.1. The number of hydrogen-bond acceptors (Lipinski definition) is 6. The molecule has 0 spiro atoms. The number of aromatic nitrogens is 1. The second kappa shape index (κ2) is 12.7. The molecule has 1 aliphatic carbocycles. The molecule has 2 heterocycles. The molecule has 2 fully saturated rings. The maximum absolute atomic E-state index is 15.1. The monoisotopic (exact) mass is 617 g/mol. The number of carbonyl (C=O) groups is 1. The molecule has 0 radical (unpaired) electrons. The quantitative estimate of drug-likeness (QED) is 0.314. The smallest absolute Gasteiger partial charge is 0.242 e. The summed E-state index contributed by atoms with van der Waals surface area (Å²) in [7, 11) is -3.44. The first-order valence-electron chi connectivity index (χ1n) is 14.0. The van der Waals surface area contributed by atoms with Crippen LogP contribution in [0.1, 0.15) is 48.8 Å². The zero-order chi connectivity index (χ0) is 30.0. The molecule has 0 bridgehead atoms. The van der Waals surface area contributed by atoms with Gasteiger partial charge >= 0.3 is 0 Å². The number of nitrogens with two attached hydrogens (primary N) is 1. The number of sulfonamides is 1. The molecule has 1 saturated heterocycles. The largest absolute Gasteiger partial charge is 0.323 e. The lowest BCUT2D eigenvalue weighted by molar-refractivity contribution is -0.117. The van der Waals surface area contributed by atoms with Gasteiger partial charge in [-0.15, -0.1) is 0 Å². The number of amides is 1. The van der Waals surface area contributed by atoms with Crippen LogP contribution in [0.25, 0.3) is 0 Å². The van der Waals surface area contributed by atoms with Crippen molar-refractivity contribution in [3.05, 3.63) is 94.3 Å². The van der Waals surface area contributed by atoms with Gasteiger partial charge in [-0.05, 0) is 68.0 Å². The topological polar surface area (TPSA) is 117 Å². The minimum absolute atomic E-state index is 0.151. The average Bonchev–Trinajstić information content (AvgIpc) is 3.80. The van der Waals surface area contributed by atoms with Gasteiger partial charge in [0.1, 0.15) is 11.6 Å². The zero-order valence-corrected chi connectivity index (χ0v) is 24.7. The highest BCUT2D eigenvalue weighted by atomic mass is 35.5. The molecular weight excluding hydrogens is 584 g/mol. The number of nitrogens with one attached hydrogen (secondary N) is 2. The number of rotatable bonds is 10. The van der Waals surface area contributed by atoms with Crippen LogP contribution in [-0.4, -0.2) is 60.1 Å². The third-order valence-electron chi connectivity index (χ3n) is 7.94. The van der Waals surface area contributed by atoms with Crippen molar-refractivity contribution in [3.8, 4) is 0 Å². The molecule has 42 heavy (non-hydrogen) atoms. The van der Waals surface area contributed by atoms with Gasteiger partial charge in [0.05, 0.1) is 29.4 Å². The number of hydrogen-bond donors (Lipinski definition) is 3. The third kappa shape index (κ3) is 6.65. The van der Waals surface area contributed by atoms with Gasteiger partial charge < -0.3 is 16.4 Å². The molecule has 3 aromatic rings. The summed E-state index contributed by atoms with van der Waals surface area (Å²) in [6.07, 6.45) is 4.24. The van der Waals surface area contributed by atoms with Crippen molar-refractivity contribution < 1.29 is 22.0 Å². The van der Waals surface area contributed by atoms with Crippen LogP contribution in [0.3, 0.4) is 0 Å². The summed E-state index contributed by atoms with van der Waals surface area (Å²) in [5.41, 5.74) is 8.00. The molecule has 1 amide bonds. The molecule has 1 aliphatic heterocycles. The van der Waals surface area contributed by atoms with E-state index in [-0.39, 0.29) is 35.0 Å². The summed E-state index contributed by atoms with van der Waals surface area (Å²) in [5.74, 6) is -2.42. The number of pyridine rings is 1. The molecule has 1 saturated carbocycles. The minimum Gasteiger partial charge on any atom is -0.323 e. The lowest BCUT2D eigenvalue weighted by Gasteiger charge is -2.40. The highest BCUT2D eigenvalue weighted by Gasteiger charge is 2.45. The van der Waals surface area contributed by atoms with Crippen molar-refractivity contribution in [3.63, 3.8) is 0 Å². The van der Waals surface area contributed by atoms with E-state index in [1.807, 2.05) is 6.92 Å². The summed E-state index contributed by atoms with van der Waals surface area (Å²) >= 11 is 6.06. The van der Waals surface area contributed by atoms with E-state index in [4.69, 9.17) is 17.3 Å². The summed E-state index contributed by atoms with van der Waals surface area (Å²) < 4.78 is 57.3. The van der Waals surface area contributed by atoms with Crippen LogP contribution >= 0.6 is 11.6 Å². The van der Waals surface area contributed by atoms with Crippen LogP contribution in [0, 0.1) is 11.6 Å². The maximum Gasteiger partial charge on any atom is 0.242 e. The third-order valence-corrected chi connectivity index (χ3v) is 10.8. The van der Waals surface area contributed by atoms with Crippen molar-refractivity contribution in [2.24, 2.45) is 5.73 Å². The minimum atomic E-state index is -3.44. The van der Waals surface area contributed by atoms with Gasteiger partial charge in [0.2, 0.25) is 15.9 Å². The molecule has 2 aliphatic rings. The van der Waals surface area contributed by atoms with Crippen molar-refractivity contribution >= 4 is 33.2 Å². The summed E-state index contributed by atoms with van der Waals surface area (Å²) in [5, 5.41) is 6.16. The van der Waals surface area contributed by atoms with Crippen LogP contribution in [-0.2, 0) is 21.2 Å². The van der Waals surface area contributed by atoms with Crippen molar-refractivity contribution in [2.75, 3.05) is 18.4 Å². The Hall–Kier alpha value is -2.96. The normalized spacial score (nSPS) is 21.1.